The van der Waals surface area contributed by atoms with Gasteiger partial charge >= 0.3 is 5.97 Å². The third-order valence-corrected chi connectivity index (χ3v) is 3.30. The zero-order chi connectivity index (χ0) is 16.0. The minimum absolute atomic E-state index is 0.0207. The summed E-state index contributed by atoms with van der Waals surface area (Å²) in [5, 5.41) is 0. The second-order valence-electron chi connectivity index (χ2n) is 5.77. The predicted octanol–water partition coefficient (Wildman–Crippen LogP) is 1.77. The Labute approximate surface area is 126 Å². The van der Waals surface area contributed by atoms with Crippen molar-refractivity contribution in [3.05, 3.63) is 17.5 Å². The van der Waals surface area contributed by atoms with Crippen molar-refractivity contribution >= 4 is 11.9 Å². The molecule has 1 rings (SSSR count). The third kappa shape index (κ3) is 4.67. The number of aryl methyl sites for hydroxylation is 1. The lowest BCUT2D eigenvalue weighted by atomic mass is 9.93. The number of anilines is 1. The first-order valence-corrected chi connectivity index (χ1v) is 7.30. The molecule has 0 spiro atoms. The maximum absolute atomic E-state index is 11.8. The fraction of sp³-hybridized carbons (Fsp3) is 0.667. The number of carbonyl (C=O) groups excluding carboxylic acids is 1. The largest absolute Gasteiger partial charge is 0.462 e. The Balaban J connectivity index is 2.98. The van der Waals surface area contributed by atoms with Crippen LogP contribution in [0.25, 0.3) is 0 Å². The van der Waals surface area contributed by atoms with E-state index in [1.807, 2.05) is 6.92 Å². The summed E-state index contributed by atoms with van der Waals surface area (Å²) in [6, 6.07) is 0. The first-order valence-electron chi connectivity index (χ1n) is 7.30. The summed E-state index contributed by atoms with van der Waals surface area (Å²) < 4.78 is 4.98. The number of nitrogens with zero attached hydrogens (tertiary/aromatic N) is 3. The van der Waals surface area contributed by atoms with Gasteiger partial charge in [-0.3, -0.25) is 0 Å². The number of rotatable bonds is 7. The predicted molar refractivity (Wildman–Crippen MR) is 83.4 cm³/mol. The molecule has 6 heteroatoms. The lowest BCUT2D eigenvalue weighted by Gasteiger charge is -2.31. The molecule has 0 aliphatic rings. The van der Waals surface area contributed by atoms with Crippen LogP contribution in [0.4, 0.5) is 5.95 Å². The van der Waals surface area contributed by atoms with Crippen LogP contribution in [0.15, 0.2) is 6.20 Å². The summed E-state index contributed by atoms with van der Waals surface area (Å²) in [7, 11) is 0. The minimum atomic E-state index is -0.383. The molecule has 0 atom stereocenters. The minimum Gasteiger partial charge on any atom is -0.462 e. The van der Waals surface area contributed by atoms with Crippen molar-refractivity contribution in [3.8, 4) is 0 Å². The van der Waals surface area contributed by atoms with Gasteiger partial charge in [-0.25, -0.2) is 14.8 Å². The summed E-state index contributed by atoms with van der Waals surface area (Å²) >= 11 is 0. The van der Waals surface area contributed by atoms with Crippen molar-refractivity contribution in [2.24, 2.45) is 11.1 Å². The molecule has 0 saturated carbocycles. The summed E-state index contributed by atoms with van der Waals surface area (Å²) in [5.74, 6) is 0.233. The summed E-state index contributed by atoms with van der Waals surface area (Å²) in [6.45, 7) is 12.3. The number of hydrogen-bond donors (Lipinski definition) is 1. The highest BCUT2D eigenvalue weighted by molar-refractivity contribution is 5.90. The first kappa shape index (κ1) is 17.4. The standard InChI is InChI=1S/C15H26N4O2/c1-6-19(10-15(4,5)9-16)14-17-8-12(11(3)18-14)13(20)21-7-2/h8H,6-7,9-10,16H2,1-5H3. The lowest BCUT2D eigenvalue weighted by molar-refractivity contribution is 0.0524. The molecule has 0 amide bonds. The molecule has 1 aromatic rings. The van der Waals surface area contributed by atoms with Gasteiger partial charge in [0.1, 0.15) is 0 Å². The number of aromatic nitrogens is 2. The smallest absolute Gasteiger partial charge is 0.341 e. The van der Waals surface area contributed by atoms with Crippen molar-refractivity contribution in [2.75, 3.05) is 31.1 Å². The molecule has 2 N–H and O–H groups in total. The lowest BCUT2D eigenvalue weighted by Crippen LogP contribution is -2.39. The Morgan fingerprint density at radius 1 is 1.43 bits per heavy atom. The van der Waals surface area contributed by atoms with E-state index in [4.69, 9.17) is 10.5 Å². The third-order valence-electron chi connectivity index (χ3n) is 3.30. The number of hydrogen-bond acceptors (Lipinski definition) is 6. The molecule has 6 nitrogen and oxygen atoms in total. The van der Waals surface area contributed by atoms with Gasteiger partial charge in [-0.1, -0.05) is 13.8 Å². The molecule has 0 radical (unpaired) electrons. The molecule has 0 saturated heterocycles. The van der Waals surface area contributed by atoms with E-state index in [9.17, 15) is 4.79 Å². The molecule has 21 heavy (non-hydrogen) atoms. The maximum Gasteiger partial charge on any atom is 0.341 e. The molecule has 0 aromatic carbocycles. The first-order chi connectivity index (χ1) is 9.84. The van der Waals surface area contributed by atoms with Gasteiger partial charge in [-0.2, -0.15) is 0 Å². The molecule has 0 aliphatic carbocycles. The van der Waals surface area contributed by atoms with Crippen molar-refractivity contribution < 1.29 is 9.53 Å². The van der Waals surface area contributed by atoms with E-state index in [0.717, 1.165) is 13.1 Å². The second kappa shape index (κ2) is 7.36. The molecule has 118 valence electrons. The van der Waals surface area contributed by atoms with E-state index >= 15 is 0 Å². The molecule has 1 heterocycles. The Hall–Kier alpha value is -1.69. The van der Waals surface area contributed by atoms with E-state index in [1.165, 1.54) is 6.20 Å². The number of ether oxygens (including phenoxy) is 1. The molecule has 0 bridgehead atoms. The zero-order valence-corrected chi connectivity index (χ0v) is 13.6. The summed E-state index contributed by atoms with van der Waals surface area (Å²) in [5.41, 5.74) is 6.80. The molecular weight excluding hydrogens is 268 g/mol. The average Bonchev–Trinajstić information content (AvgIpc) is 2.45. The zero-order valence-electron chi connectivity index (χ0n) is 13.6. The van der Waals surface area contributed by atoms with Crippen LogP contribution in [-0.2, 0) is 4.74 Å². The average molecular weight is 294 g/mol. The molecule has 0 fully saturated rings. The topological polar surface area (TPSA) is 81.3 Å². The molecule has 1 aromatic heterocycles. The highest BCUT2D eigenvalue weighted by atomic mass is 16.5. The fourth-order valence-electron chi connectivity index (χ4n) is 1.92. The van der Waals surface area contributed by atoms with Gasteiger partial charge in [0.25, 0.3) is 0 Å². The van der Waals surface area contributed by atoms with E-state index in [-0.39, 0.29) is 11.4 Å². The van der Waals surface area contributed by atoms with Crippen LogP contribution < -0.4 is 10.6 Å². The van der Waals surface area contributed by atoms with Gasteiger partial charge in [-0.05, 0) is 32.7 Å². The fourth-order valence-corrected chi connectivity index (χ4v) is 1.92. The van der Waals surface area contributed by atoms with Gasteiger partial charge in [0.05, 0.1) is 17.9 Å². The maximum atomic E-state index is 11.8. The Bertz CT molecular complexity index is 489. The Kier molecular flexibility index (Phi) is 6.08. The van der Waals surface area contributed by atoms with E-state index in [2.05, 4.69) is 28.7 Å². The number of carbonyl (C=O) groups is 1. The number of nitrogens with two attached hydrogens (primary N) is 1. The summed E-state index contributed by atoms with van der Waals surface area (Å²) in [6.07, 6.45) is 1.54. The highest BCUT2D eigenvalue weighted by Crippen LogP contribution is 2.19. The van der Waals surface area contributed by atoms with E-state index in [0.29, 0.717) is 30.4 Å². The van der Waals surface area contributed by atoms with Crippen LogP contribution in [0.2, 0.25) is 0 Å². The van der Waals surface area contributed by atoms with Crippen LogP contribution in [-0.4, -0.2) is 42.2 Å². The monoisotopic (exact) mass is 294 g/mol. The van der Waals surface area contributed by atoms with Crippen LogP contribution >= 0.6 is 0 Å². The number of esters is 1. The van der Waals surface area contributed by atoms with Gasteiger partial charge in [0.2, 0.25) is 5.95 Å². The molecule has 0 aliphatic heterocycles. The van der Waals surface area contributed by atoms with Crippen LogP contribution in [0.3, 0.4) is 0 Å². The van der Waals surface area contributed by atoms with Crippen LogP contribution in [0, 0.1) is 12.3 Å². The van der Waals surface area contributed by atoms with Crippen molar-refractivity contribution in [3.63, 3.8) is 0 Å². The van der Waals surface area contributed by atoms with Gasteiger partial charge in [0.15, 0.2) is 0 Å². The van der Waals surface area contributed by atoms with Crippen LogP contribution in [0.5, 0.6) is 0 Å². The normalized spacial score (nSPS) is 11.3. The molecule has 0 unspecified atom stereocenters. The van der Waals surface area contributed by atoms with Crippen molar-refractivity contribution in [1.29, 1.82) is 0 Å². The Morgan fingerprint density at radius 3 is 2.57 bits per heavy atom. The molecular formula is C15H26N4O2. The Morgan fingerprint density at radius 2 is 2.10 bits per heavy atom. The van der Waals surface area contributed by atoms with Gasteiger partial charge in [-0.15, -0.1) is 0 Å². The summed E-state index contributed by atoms with van der Waals surface area (Å²) in [4.78, 5) is 22.6. The SMILES string of the molecule is CCOC(=O)c1cnc(N(CC)CC(C)(C)CN)nc1C. The van der Waals surface area contributed by atoms with Gasteiger partial charge in [0, 0.05) is 19.3 Å². The van der Waals surface area contributed by atoms with Crippen molar-refractivity contribution in [1.82, 2.24) is 9.97 Å². The quantitative estimate of drug-likeness (QED) is 0.772. The second-order valence-corrected chi connectivity index (χ2v) is 5.77. The van der Waals surface area contributed by atoms with Crippen molar-refractivity contribution in [2.45, 2.75) is 34.6 Å². The highest BCUT2D eigenvalue weighted by Gasteiger charge is 2.22. The van der Waals surface area contributed by atoms with E-state index in [1.54, 1.807) is 13.8 Å². The van der Waals surface area contributed by atoms with Gasteiger partial charge < -0.3 is 15.4 Å². The van der Waals surface area contributed by atoms with Crippen LogP contribution in [0.1, 0.15) is 43.7 Å². The van der Waals surface area contributed by atoms with E-state index < -0.39 is 0 Å².